The fourth-order valence-electron chi connectivity index (χ4n) is 2.14. The molecular weight excluding hydrogens is 260 g/mol. The summed E-state index contributed by atoms with van der Waals surface area (Å²) in [6.07, 6.45) is 3.27. The molecule has 0 aliphatic rings. The van der Waals surface area contributed by atoms with Gasteiger partial charge in [-0.05, 0) is 42.4 Å². The Morgan fingerprint density at radius 2 is 2.05 bits per heavy atom. The third-order valence-electron chi connectivity index (χ3n) is 3.20. The van der Waals surface area contributed by atoms with Gasteiger partial charge in [0.2, 0.25) is 0 Å². The second-order valence-electron chi connectivity index (χ2n) is 6.32. The summed E-state index contributed by atoms with van der Waals surface area (Å²) in [5.74, 6) is -1.03. The van der Waals surface area contributed by atoms with Crippen LogP contribution in [0.5, 0.6) is 0 Å². The van der Waals surface area contributed by atoms with Crippen molar-refractivity contribution >= 4 is 17.6 Å². The largest absolute Gasteiger partial charge is 0.481 e. The van der Waals surface area contributed by atoms with Crippen molar-refractivity contribution in [1.29, 1.82) is 0 Å². The number of benzene rings is 1. The molecular formula is C16H23ClO2. The number of carbonyl (C=O) groups is 1. The zero-order valence-electron chi connectivity index (χ0n) is 11.9. The van der Waals surface area contributed by atoms with Crippen LogP contribution in [-0.2, 0) is 11.2 Å². The van der Waals surface area contributed by atoms with Crippen LogP contribution >= 0.6 is 11.6 Å². The van der Waals surface area contributed by atoms with Crippen molar-refractivity contribution in [2.75, 3.05) is 0 Å². The maximum absolute atomic E-state index is 11.3. The van der Waals surface area contributed by atoms with Crippen LogP contribution in [0.25, 0.3) is 0 Å². The van der Waals surface area contributed by atoms with E-state index in [4.69, 9.17) is 11.6 Å². The first-order valence-corrected chi connectivity index (χ1v) is 7.13. The third kappa shape index (κ3) is 6.63. The molecule has 0 bridgehead atoms. The van der Waals surface area contributed by atoms with Gasteiger partial charge >= 0.3 is 5.97 Å². The van der Waals surface area contributed by atoms with Gasteiger partial charge < -0.3 is 5.11 Å². The summed E-state index contributed by atoms with van der Waals surface area (Å²) in [4.78, 5) is 11.3. The Hall–Kier alpha value is -1.02. The molecule has 0 amide bonds. The van der Waals surface area contributed by atoms with Gasteiger partial charge in [0.15, 0.2) is 0 Å². The van der Waals surface area contributed by atoms with Crippen LogP contribution in [0.3, 0.4) is 0 Å². The molecule has 1 unspecified atom stereocenters. The van der Waals surface area contributed by atoms with E-state index >= 15 is 0 Å². The number of carboxylic acids is 1. The summed E-state index contributed by atoms with van der Waals surface area (Å²) in [6, 6.07) is 7.46. The second-order valence-corrected chi connectivity index (χ2v) is 6.76. The van der Waals surface area contributed by atoms with Gasteiger partial charge in [-0.25, -0.2) is 0 Å². The molecule has 1 aromatic rings. The van der Waals surface area contributed by atoms with E-state index in [2.05, 4.69) is 20.8 Å². The van der Waals surface area contributed by atoms with E-state index < -0.39 is 5.97 Å². The highest BCUT2D eigenvalue weighted by Gasteiger charge is 2.19. The van der Waals surface area contributed by atoms with Crippen LogP contribution in [0.2, 0.25) is 5.02 Å². The topological polar surface area (TPSA) is 37.3 Å². The van der Waals surface area contributed by atoms with Gasteiger partial charge in [0.25, 0.3) is 0 Å². The molecule has 106 valence electrons. The predicted molar refractivity (Wildman–Crippen MR) is 79.6 cm³/mol. The van der Waals surface area contributed by atoms with Crippen molar-refractivity contribution in [1.82, 2.24) is 0 Å². The molecule has 0 aromatic heterocycles. The lowest BCUT2D eigenvalue weighted by molar-refractivity contribution is -0.142. The number of rotatable bonds is 6. The lowest BCUT2D eigenvalue weighted by atomic mass is 9.86. The van der Waals surface area contributed by atoms with Crippen LogP contribution < -0.4 is 0 Å². The Labute approximate surface area is 120 Å². The molecule has 0 saturated heterocycles. The highest BCUT2D eigenvalue weighted by molar-refractivity contribution is 6.30. The number of hydrogen-bond donors (Lipinski definition) is 1. The van der Waals surface area contributed by atoms with Crippen LogP contribution in [0.15, 0.2) is 24.3 Å². The molecule has 1 aromatic carbocycles. The highest BCUT2D eigenvalue weighted by Crippen LogP contribution is 2.25. The van der Waals surface area contributed by atoms with Gasteiger partial charge in [0, 0.05) is 5.02 Å². The van der Waals surface area contributed by atoms with Gasteiger partial charge in [-0.2, -0.15) is 0 Å². The van der Waals surface area contributed by atoms with E-state index in [9.17, 15) is 9.90 Å². The van der Waals surface area contributed by atoms with Crippen molar-refractivity contribution < 1.29 is 9.90 Å². The van der Waals surface area contributed by atoms with Gasteiger partial charge in [-0.1, -0.05) is 50.9 Å². The van der Waals surface area contributed by atoms with E-state index in [0.29, 0.717) is 11.4 Å². The normalized spacial score (nSPS) is 13.3. The first kappa shape index (κ1) is 16.0. The summed E-state index contributed by atoms with van der Waals surface area (Å²) in [5, 5.41) is 9.96. The SMILES string of the molecule is CC(C)(C)CCCC(Cc1cccc(Cl)c1)C(=O)O. The van der Waals surface area contributed by atoms with E-state index in [1.54, 1.807) is 6.07 Å². The van der Waals surface area contributed by atoms with Crippen molar-refractivity contribution in [2.45, 2.75) is 46.5 Å². The Morgan fingerprint density at radius 1 is 1.37 bits per heavy atom. The molecule has 19 heavy (non-hydrogen) atoms. The molecule has 0 radical (unpaired) electrons. The third-order valence-corrected chi connectivity index (χ3v) is 3.43. The average molecular weight is 283 g/mol. The molecule has 3 heteroatoms. The maximum Gasteiger partial charge on any atom is 0.306 e. The van der Waals surface area contributed by atoms with Crippen molar-refractivity contribution in [3.8, 4) is 0 Å². The van der Waals surface area contributed by atoms with Crippen LogP contribution in [-0.4, -0.2) is 11.1 Å². The standard InChI is InChI=1S/C16H23ClO2/c1-16(2,3)9-5-7-13(15(18)19)10-12-6-4-8-14(17)11-12/h4,6,8,11,13H,5,7,9-10H2,1-3H3,(H,18,19). The van der Waals surface area contributed by atoms with Gasteiger partial charge in [-0.3, -0.25) is 4.79 Å². The minimum atomic E-state index is -0.714. The average Bonchev–Trinajstić information content (AvgIpc) is 2.26. The second kappa shape index (κ2) is 6.95. The Bertz CT molecular complexity index is 421. The summed E-state index contributed by atoms with van der Waals surface area (Å²) >= 11 is 5.92. The van der Waals surface area contributed by atoms with Crippen LogP contribution in [0, 0.1) is 11.3 Å². The lowest BCUT2D eigenvalue weighted by Crippen LogP contribution is -2.17. The first-order valence-electron chi connectivity index (χ1n) is 6.75. The Balaban J connectivity index is 2.56. The van der Waals surface area contributed by atoms with Crippen LogP contribution in [0.4, 0.5) is 0 Å². The fraction of sp³-hybridized carbons (Fsp3) is 0.562. The van der Waals surface area contributed by atoms with E-state index in [1.807, 2.05) is 18.2 Å². The minimum absolute atomic E-state index is 0.263. The molecule has 1 N–H and O–H groups in total. The summed E-state index contributed by atoms with van der Waals surface area (Å²) in [5.41, 5.74) is 1.26. The van der Waals surface area contributed by atoms with E-state index in [-0.39, 0.29) is 11.3 Å². The number of hydrogen-bond acceptors (Lipinski definition) is 1. The van der Waals surface area contributed by atoms with Crippen molar-refractivity contribution in [2.24, 2.45) is 11.3 Å². The van der Waals surface area contributed by atoms with Gasteiger partial charge in [-0.15, -0.1) is 0 Å². The molecule has 2 nitrogen and oxygen atoms in total. The monoisotopic (exact) mass is 282 g/mol. The van der Waals surface area contributed by atoms with E-state index in [0.717, 1.165) is 24.8 Å². The highest BCUT2D eigenvalue weighted by atomic mass is 35.5. The van der Waals surface area contributed by atoms with Crippen molar-refractivity contribution in [3.63, 3.8) is 0 Å². The smallest absolute Gasteiger partial charge is 0.306 e. The fourth-order valence-corrected chi connectivity index (χ4v) is 2.35. The molecule has 0 fully saturated rings. The summed E-state index contributed by atoms with van der Waals surface area (Å²) in [7, 11) is 0. The zero-order valence-corrected chi connectivity index (χ0v) is 12.7. The predicted octanol–water partition coefficient (Wildman–Crippen LogP) is 4.80. The summed E-state index contributed by atoms with van der Waals surface area (Å²) < 4.78 is 0. The molecule has 0 spiro atoms. The van der Waals surface area contributed by atoms with Crippen molar-refractivity contribution in [3.05, 3.63) is 34.9 Å². The number of aliphatic carboxylic acids is 1. The molecule has 0 aliphatic heterocycles. The van der Waals surface area contributed by atoms with Gasteiger partial charge in [0.05, 0.1) is 5.92 Å². The Kier molecular flexibility index (Phi) is 5.86. The van der Waals surface area contributed by atoms with E-state index in [1.165, 1.54) is 0 Å². The Morgan fingerprint density at radius 3 is 2.58 bits per heavy atom. The molecule has 0 saturated carbocycles. The maximum atomic E-state index is 11.3. The number of carboxylic acid groups (broad SMARTS) is 1. The lowest BCUT2D eigenvalue weighted by Gasteiger charge is -2.19. The first-order chi connectivity index (χ1) is 8.78. The zero-order chi connectivity index (χ0) is 14.5. The molecule has 1 rings (SSSR count). The molecule has 0 aliphatic carbocycles. The number of halogens is 1. The molecule has 0 heterocycles. The van der Waals surface area contributed by atoms with Gasteiger partial charge in [0.1, 0.15) is 0 Å². The van der Waals surface area contributed by atoms with Crippen LogP contribution in [0.1, 0.15) is 45.6 Å². The quantitative estimate of drug-likeness (QED) is 0.814. The summed E-state index contributed by atoms with van der Waals surface area (Å²) in [6.45, 7) is 6.54. The molecule has 1 atom stereocenters. The minimum Gasteiger partial charge on any atom is -0.481 e.